The second-order valence-corrected chi connectivity index (χ2v) is 16.4. The molecule has 3 fully saturated rings. The van der Waals surface area contributed by atoms with Gasteiger partial charge in [-0.1, -0.05) is 11.3 Å². The number of carbonyl (C=O) groups excluding carboxylic acids is 4. The van der Waals surface area contributed by atoms with Crippen LogP contribution in [-0.2, 0) is 23.2 Å². The van der Waals surface area contributed by atoms with Crippen LogP contribution >= 0.6 is 11.3 Å². The zero-order valence-electron chi connectivity index (χ0n) is 31.7. The molecule has 0 bridgehead atoms. The van der Waals surface area contributed by atoms with E-state index in [4.69, 9.17) is 9.72 Å². The lowest BCUT2D eigenvalue weighted by atomic mass is 9.95. The van der Waals surface area contributed by atoms with Crippen LogP contribution in [0.3, 0.4) is 0 Å². The Hall–Kier alpha value is -5.35. The van der Waals surface area contributed by atoms with E-state index in [1.807, 2.05) is 18.7 Å². The minimum atomic E-state index is -0.733. The van der Waals surface area contributed by atoms with Gasteiger partial charge in [0.15, 0.2) is 5.13 Å². The van der Waals surface area contributed by atoms with Crippen molar-refractivity contribution in [2.24, 2.45) is 13.0 Å². The number of imide groups is 1. The number of anilines is 3. The Balaban J connectivity index is 0.864. The number of halogens is 1. The topological polar surface area (TPSA) is 149 Å². The van der Waals surface area contributed by atoms with Gasteiger partial charge in [0.25, 0.3) is 17.4 Å². The quantitative estimate of drug-likeness (QED) is 0.239. The Morgan fingerprint density at radius 2 is 1.79 bits per heavy atom. The van der Waals surface area contributed by atoms with Gasteiger partial charge in [0, 0.05) is 83.7 Å². The van der Waals surface area contributed by atoms with Crippen molar-refractivity contribution >= 4 is 61.7 Å². The number of piperidine rings is 2. The van der Waals surface area contributed by atoms with Gasteiger partial charge in [-0.3, -0.25) is 34.2 Å². The maximum Gasteiger partial charge on any atom is 0.274 e. The predicted molar refractivity (Wildman–Crippen MR) is 211 cm³/mol. The monoisotopic (exact) mass is 784 g/mol. The van der Waals surface area contributed by atoms with Crippen molar-refractivity contribution < 1.29 is 28.3 Å². The number of aryl methyl sites for hydroxylation is 1. The average molecular weight is 785 g/mol. The second kappa shape index (κ2) is 15.3. The Morgan fingerprint density at radius 1 is 1.02 bits per heavy atom. The van der Waals surface area contributed by atoms with Gasteiger partial charge in [0.1, 0.15) is 23.3 Å². The number of pyridine rings is 1. The van der Waals surface area contributed by atoms with Gasteiger partial charge in [-0.25, -0.2) is 9.37 Å². The highest BCUT2D eigenvalue weighted by Gasteiger charge is 2.40. The third-order valence-electron chi connectivity index (χ3n) is 11.2. The van der Waals surface area contributed by atoms with E-state index in [1.54, 1.807) is 43.6 Å². The first-order valence-corrected chi connectivity index (χ1v) is 20.0. The number of benzene rings is 2. The number of thiazole rings is 1. The highest BCUT2D eigenvalue weighted by atomic mass is 32.1. The molecule has 3 saturated heterocycles. The van der Waals surface area contributed by atoms with Gasteiger partial charge in [0.2, 0.25) is 11.8 Å². The molecule has 0 spiro atoms. The maximum absolute atomic E-state index is 15.5. The van der Waals surface area contributed by atoms with E-state index < -0.39 is 17.9 Å². The number of amides is 4. The molecule has 1 atom stereocenters. The number of carbonyl (C=O) groups is 4. The Labute approximate surface area is 327 Å². The number of fused-ring (bicyclic) bond motifs is 2. The molecule has 4 amide bonds. The molecule has 0 radical (unpaired) electrons. The first-order valence-electron chi connectivity index (χ1n) is 19.2. The van der Waals surface area contributed by atoms with E-state index in [-0.39, 0.29) is 54.4 Å². The Bertz CT molecular complexity index is 2280. The minimum absolute atomic E-state index is 0.152. The SMILES string of the molecule is CC(C)Oc1cc2nc(N3CCN(CC4CCN(c5cc6c(cc5F)CN(C5CCC(=O)NC5=O)C6=O)CC4)CC3)sc2cc1C(=O)Nc1cccn(C)c1=O. The van der Waals surface area contributed by atoms with Crippen LogP contribution in [0.4, 0.5) is 20.9 Å². The Kier molecular flexibility index (Phi) is 10.3. The summed E-state index contributed by atoms with van der Waals surface area (Å²) in [6.07, 6.45) is 3.70. The smallest absolute Gasteiger partial charge is 0.274 e. The summed E-state index contributed by atoms with van der Waals surface area (Å²) in [5, 5.41) is 5.95. The largest absolute Gasteiger partial charge is 0.490 e. The van der Waals surface area contributed by atoms with Crippen molar-refractivity contribution in [3.63, 3.8) is 0 Å². The van der Waals surface area contributed by atoms with Crippen molar-refractivity contribution in [2.75, 3.05) is 60.9 Å². The molecule has 1 unspecified atom stereocenters. The number of nitrogens with one attached hydrogen (secondary N) is 2. The lowest BCUT2D eigenvalue weighted by Crippen LogP contribution is -2.52. The summed E-state index contributed by atoms with van der Waals surface area (Å²) < 4.78 is 23.8. The molecule has 2 aromatic carbocycles. The number of hydrogen-bond acceptors (Lipinski definition) is 11. The number of piperazine rings is 1. The van der Waals surface area contributed by atoms with Gasteiger partial charge in [-0.05, 0) is 74.9 Å². The maximum atomic E-state index is 15.5. The summed E-state index contributed by atoms with van der Waals surface area (Å²) in [6, 6.07) is 9.22. The first kappa shape index (κ1) is 37.6. The van der Waals surface area contributed by atoms with E-state index in [1.165, 1.54) is 26.9 Å². The molecule has 2 aromatic heterocycles. The minimum Gasteiger partial charge on any atom is -0.490 e. The fourth-order valence-electron chi connectivity index (χ4n) is 8.15. The third kappa shape index (κ3) is 7.46. The Morgan fingerprint density at radius 3 is 2.52 bits per heavy atom. The first-order chi connectivity index (χ1) is 26.9. The van der Waals surface area contributed by atoms with Crippen molar-refractivity contribution in [3.8, 4) is 5.75 Å². The normalized spacial score (nSPS) is 19.6. The molecular weight excluding hydrogens is 740 g/mol. The van der Waals surface area contributed by atoms with Crippen molar-refractivity contribution in [1.82, 2.24) is 24.7 Å². The van der Waals surface area contributed by atoms with Gasteiger partial charge in [-0.15, -0.1) is 0 Å². The zero-order valence-corrected chi connectivity index (χ0v) is 32.5. The molecule has 2 N–H and O–H groups in total. The molecule has 4 aliphatic rings. The molecule has 6 heterocycles. The standard InChI is InChI=1S/C40H45FN8O6S/c1-23(2)55-33-20-30-34(19-27(33)36(51)42-29-5-4-10-45(3)39(29)54)56-40(43-30)48-15-13-46(14-16-48)21-24-8-11-47(12-9-24)32-18-26-25(17-28(32)41)22-49(38(26)53)31-6-7-35(50)44-37(31)52/h4-5,10,17-20,23-24,31H,6-9,11-16,21-22H2,1-3H3,(H,42,51)(H,44,50,52). The summed E-state index contributed by atoms with van der Waals surface area (Å²) in [4.78, 5) is 76.6. The molecule has 0 saturated carbocycles. The molecule has 4 aromatic rings. The second-order valence-electron chi connectivity index (χ2n) is 15.3. The van der Waals surface area contributed by atoms with Crippen molar-refractivity contribution in [2.45, 2.75) is 58.2 Å². The van der Waals surface area contributed by atoms with Crippen LogP contribution in [0.5, 0.6) is 5.75 Å². The fourth-order valence-corrected chi connectivity index (χ4v) is 9.19. The van der Waals surface area contributed by atoms with Crippen molar-refractivity contribution in [1.29, 1.82) is 0 Å². The number of nitrogens with zero attached hydrogens (tertiary/aromatic N) is 6. The highest BCUT2D eigenvalue weighted by Crippen LogP contribution is 2.36. The number of hydrogen-bond donors (Lipinski definition) is 2. The molecule has 56 heavy (non-hydrogen) atoms. The summed E-state index contributed by atoms with van der Waals surface area (Å²) >= 11 is 1.53. The summed E-state index contributed by atoms with van der Waals surface area (Å²) in [5.74, 6) is -1.04. The summed E-state index contributed by atoms with van der Waals surface area (Å²) in [5.41, 5.74) is 2.38. The van der Waals surface area contributed by atoms with Crippen LogP contribution in [0, 0.1) is 11.7 Å². The van der Waals surface area contributed by atoms with Crippen LogP contribution in [0.1, 0.15) is 65.8 Å². The van der Waals surface area contributed by atoms with Crippen LogP contribution in [-0.4, -0.2) is 101 Å². The van der Waals surface area contributed by atoms with E-state index in [0.29, 0.717) is 47.1 Å². The van der Waals surface area contributed by atoms with E-state index in [0.717, 1.165) is 60.9 Å². The van der Waals surface area contributed by atoms with E-state index in [2.05, 4.69) is 20.4 Å². The zero-order chi connectivity index (χ0) is 39.2. The molecule has 294 valence electrons. The lowest BCUT2D eigenvalue weighted by molar-refractivity contribution is -0.136. The van der Waals surface area contributed by atoms with Gasteiger partial charge >= 0.3 is 0 Å². The van der Waals surface area contributed by atoms with Crippen molar-refractivity contribution in [3.05, 3.63) is 75.5 Å². The average Bonchev–Trinajstić information content (AvgIpc) is 3.73. The number of aromatic nitrogens is 2. The van der Waals surface area contributed by atoms with Gasteiger partial charge < -0.3 is 29.3 Å². The van der Waals surface area contributed by atoms with Crippen LogP contribution < -0.4 is 30.7 Å². The number of ether oxygens (including phenoxy) is 1. The van der Waals surface area contributed by atoms with Crippen LogP contribution in [0.15, 0.2) is 47.4 Å². The summed E-state index contributed by atoms with van der Waals surface area (Å²) in [7, 11) is 1.63. The molecule has 8 rings (SSSR count). The fraction of sp³-hybridized carbons (Fsp3) is 0.450. The number of rotatable bonds is 9. The van der Waals surface area contributed by atoms with Crippen LogP contribution in [0.2, 0.25) is 0 Å². The van der Waals surface area contributed by atoms with Gasteiger partial charge in [-0.2, -0.15) is 0 Å². The molecule has 4 aliphatic heterocycles. The third-order valence-corrected chi connectivity index (χ3v) is 12.2. The molecular formula is C40H45FN8O6S. The van der Waals surface area contributed by atoms with E-state index in [9.17, 15) is 24.0 Å². The lowest BCUT2D eigenvalue weighted by Gasteiger charge is -2.39. The molecule has 16 heteroatoms. The highest BCUT2D eigenvalue weighted by molar-refractivity contribution is 7.22. The van der Waals surface area contributed by atoms with Gasteiger partial charge in [0.05, 0.1) is 27.6 Å². The molecule has 14 nitrogen and oxygen atoms in total. The summed E-state index contributed by atoms with van der Waals surface area (Å²) in [6.45, 7) is 9.63. The van der Waals surface area contributed by atoms with Crippen LogP contribution in [0.25, 0.3) is 10.2 Å². The predicted octanol–water partition coefficient (Wildman–Crippen LogP) is 3.97. The van der Waals surface area contributed by atoms with E-state index >= 15 is 4.39 Å². The molecule has 0 aliphatic carbocycles.